The van der Waals surface area contributed by atoms with Crippen LogP contribution in [0.25, 0.3) is 87.2 Å². The van der Waals surface area contributed by atoms with Crippen LogP contribution in [-0.2, 0) is 5.41 Å². The maximum Gasteiger partial charge on any atom is 0.0540 e. The summed E-state index contributed by atoms with van der Waals surface area (Å²) in [6.45, 7) is 9.11. The van der Waals surface area contributed by atoms with E-state index in [0.717, 1.165) is 0 Å². The third-order valence-electron chi connectivity index (χ3n) is 18.5. The lowest BCUT2D eigenvalue weighted by atomic mass is 9.70. The van der Waals surface area contributed by atoms with Gasteiger partial charge in [-0.25, -0.2) is 0 Å². The van der Waals surface area contributed by atoms with Crippen LogP contribution >= 0.6 is 0 Å². The molecule has 11 aromatic rings. The first kappa shape index (κ1) is 53.2. The highest BCUT2D eigenvalue weighted by Crippen LogP contribution is 2.56. The Labute approximate surface area is 477 Å². The van der Waals surface area contributed by atoms with Crippen LogP contribution in [0.4, 0.5) is 17.1 Å². The van der Waals surface area contributed by atoms with E-state index in [1.807, 2.05) is 0 Å². The van der Waals surface area contributed by atoms with E-state index in [4.69, 9.17) is 0 Å². The number of aryl methyl sites for hydroxylation is 2. The molecule has 0 bridgehead atoms. The number of unbranched alkanes of at least 4 members (excludes halogenated alkanes) is 14. The fourth-order valence-corrected chi connectivity index (χ4v) is 14.5. The SMILES string of the molecule is CCCCCCCCCCC1(CCCCCCCCCC)c2ccccc2-c2ccc(-c3c4ccccc4c(-c4ccc(N(c5ccc(C)c6ccccc56)c5ccc(C)c6ccccc56)c5ccccc45)c4ccccc34)cc21. The van der Waals surface area contributed by atoms with Crippen molar-refractivity contribution in [2.45, 2.75) is 149 Å². The second-order valence-electron chi connectivity index (χ2n) is 23.6. The van der Waals surface area contributed by atoms with Gasteiger partial charge in [0.05, 0.1) is 17.1 Å². The molecule has 0 heterocycles. The first-order valence-electron chi connectivity index (χ1n) is 31.0. The van der Waals surface area contributed by atoms with Crippen LogP contribution in [0.15, 0.2) is 200 Å². The molecule has 0 amide bonds. The summed E-state index contributed by atoms with van der Waals surface area (Å²) in [4.78, 5) is 2.55. The second kappa shape index (κ2) is 24.1. The molecule has 0 spiro atoms. The molecule has 0 atom stereocenters. The molecule has 1 heteroatoms. The van der Waals surface area contributed by atoms with Crippen LogP contribution in [0.5, 0.6) is 0 Å². The van der Waals surface area contributed by atoms with E-state index in [0.29, 0.717) is 0 Å². The summed E-state index contributed by atoms with van der Waals surface area (Å²) >= 11 is 0. The van der Waals surface area contributed by atoms with Crippen LogP contribution in [0.3, 0.4) is 0 Å². The van der Waals surface area contributed by atoms with Gasteiger partial charge in [0.2, 0.25) is 0 Å². The van der Waals surface area contributed by atoms with Crippen LogP contribution in [0, 0.1) is 13.8 Å². The Balaban J connectivity index is 1.00. The molecular weight excluding hydrogens is 963 g/mol. The maximum atomic E-state index is 2.68. The number of benzene rings is 11. The van der Waals surface area contributed by atoms with Crippen LogP contribution in [-0.4, -0.2) is 0 Å². The van der Waals surface area contributed by atoms with Gasteiger partial charge < -0.3 is 4.90 Å². The summed E-state index contributed by atoms with van der Waals surface area (Å²) < 4.78 is 0. The molecular formula is C79H81N. The lowest BCUT2D eigenvalue weighted by molar-refractivity contribution is 0.397. The number of anilines is 3. The van der Waals surface area contributed by atoms with Crippen molar-refractivity contribution < 1.29 is 0 Å². The fourth-order valence-electron chi connectivity index (χ4n) is 14.5. The normalized spacial score (nSPS) is 12.8. The molecule has 0 N–H and O–H groups in total. The van der Waals surface area contributed by atoms with E-state index in [1.165, 1.54) is 231 Å². The quantitative estimate of drug-likeness (QED) is 0.0456. The van der Waals surface area contributed by atoms with Crippen LogP contribution < -0.4 is 4.90 Å². The van der Waals surface area contributed by atoms with Gasteiger partial charge in [0.15, 0.2) is 0 Å². The number of hydrogen-bond donors (Lipinski definition) is 0. The number of rotatable bonds is 23. The van der Waals surface area contributed by atoms with Crippen molar-refractivity contribution in [3.05, 3.63) is 222 Å². The molecule has 1 aliphatic rings. The molecule has 0 aromatic heterocycles. The molecule has 0 radical (unpaired) electrons. The Morgan fingerprint density at radius 1 is 0.287 bits per heavy atom. The number of hydrogen-bond acceptors (Lipinski definition) is 1. The van der Waals surface area contributed by atoms with Gasteiger partial charge in [0, 0.05) is 21.6 Å². The van der Waals surface area contributed by atoms with E-state index < -0.39 is 0 Å². The zero-order valence-electron chi connectivity index (χ0n) is 48.2. The fraction of sp³-hybridized carbons (Fsp3) is 0.291. The van der Waals surface area contributed by atoms with Crippen molar-refractivity contribution in [2.24, 2.45) is 0 Å². The van der Waals surface area contributed by atoms with E-state index >= 15 is 0 Å². The van der Waals surface area contributed by atoms with Gasteiger partial charge in [-0.1, -0.05) is 293 Å². The predicted octanol–water partition coefficient (Wildman–Crippen LogP) is 24.2. The average molecular weight is 1040 g/mol. The lowest BCUT2D eigenvalue weighted by Gasteiger charge is -2.33. The van der Waals surface area contributed by atoms with Crippen LogP contribution in [0.2, 0.25) is 0 Å². The summed E-state index contributed by atoms with van der Waals surface area (Å²) in [6.07, 6.45) is 23.9. The first-order valence-corrected chi connectivity index (χ1v) is 31.0. The molecule has 1 nitrogen and oxygen atoms in total. The summed E-state index contributed by atoms with van der Waals surface area (Å²) in [6, 6.07) is 77.0. The van der Waals surface area contributed by atoms with Crippen molar-refractivity contribution in [1.29, 1.82) is 0 Å². The lowest BCUT2D eigenvalue weighted by Crippen LogP contribution is -2.25. The smallest absolute Gasteiger partial charge is 0.0540 e. The Hall–Kier alpha value is -7.48. The largest absolute Gasteiger partial charge is 0.309 e. The predicted molar refractivity (Wildman–Crippen MR) is 350 cm³/mol. The molecule has 80 heavy (non-hydrogen) atoms. The summed E-state index contributed by atoms with van der Waals surface area (Å²) in [5.74, 6) is 0. The molecule has 402 valence electrons. The Morgan fingerprint density at radius 3 is 1.15 bits per heavy atom. The zero-order valence-corrected chi connectivity index (χ0v) is 48.2. The minimum absolute atomic E-state index is 0.00217. The average Bonchev–Trinajstić information content (AvgIpc) is 3.87. The highest BCUT2D eigenvalue weighted by Gasteiger charge is 2.42. The van der Waals surface area contributed by atoms with E-state index in [-0.39, 0.29) is 5.41 Å². The summed E-state index contributed by atoms with van der Waals surface area (Å²) in [5, 5.41) is 12.7. The van der Waals surface area contributed by atoms with Gasteiger partial charge in [-0.15, -0.1) is 0 Å². The van der Waals surface area contributed by atoms with E-state index in [9.17, 15) is 0 Å². The van der Waals surface area contributed by atoms with Gasteiger partial charge >= 0.3 is 0 Å². The number of nitrogens with zero attached hydrogens (tertiary/aromatic N) is 1. The zero-order chi connectivity index (χ0) is 54.4. The molecule has 0 fully saturated rings. The van der Waals surface area contributed by atoms with Crippen molar-refractivity contribution in [2.75, 3.05) is 4.90 Å². The first-order chi connectivity index (χ1) is 39.5. The van der Waals surface area contributed by atoms with E-state index in [2.05, 4.69) is 233 Å². The van der Waals surface area contributed by atoms with Gasteiger partial charge in [-0.3, -0.25) is 0 Å². The standard InChI is InChI=1S/C79H81N/c1-5-7-9-11-13-15-17-31-53-79(54-32-18-16-14-12-10-8-6-2)72-44-30-29-36-62(72)63-48-47-58(55-73(63)79)77-67-40-25-27-42-69(67)78(70-43-28-26-41-68(70)77)71-49-52-76(66-39-24-21-35-61(66)71)80(74-50-45-56(3)59-33-19-22-37-64(59)74)75-51-46-57(4)60-34-20-23-38-65(60)75/h19-30,33-52,55H,5-18,31-32,53-54H2,1-4H3. The van der Waals surface area contributed by atoms with Crippen molar-refractivity contribution in [3.63, 3.8) is 0 Å². The summed E-state index contributed by atoms with van der Waals surface area (Å²) in [7, 11) is 0. The van der Waals surface area contributed by atoms with Crippen molar-refractivity contribution >= 4 is 70.9 Å². The minimum Gasteiger partial charge on any atom is -0.309 e. The van der Waals surface area contributed by atoms with Crippen molar-refractivity contribution in [3.8, 4) is 33.4 Å². The molecule has 0 saturated heterocycles. The van der Waals surface area contributed by atoms with Gasteiger partial charge in [-0.05, 0) is 144 Å². The second-order valence-corrected chi connectivity index (χ2v) is 23.6. The molecule has 11 aromatic carbocycles. The van der Waals surface area contributed by atoms with Gasteiger partial charge in [0.1, 0.15) is 0 Å². The number of fused-ring (bicyclic) bond motifs is 8. The van der Waals surface area contributed by atoms with E-state index in [1.54, 1.807) is 11.1 Å². The minimum atomic E-state index is 0.00217. The van der Waals surface area contributed by atoms with Crippen LogP contribution in [0.1, 0.15) is 152 Å². The molecule has 1 aliphatic carbocycles. The molecule has 12 rings (SSSR count). The van der Waals surface area contributed by atoms with Crippen molar-refractivity contribution in [1.82, 2.24) is 0 Å². The topological polar surface area (TPSA) is 3.24 Å². The Kier molecular flexibility index (Phi) is 16.0. The molecule has 0 saturated carbocycles. The highest BCUT2D eigenvalue weighted by atomic mass is 15.1. The Bertz CT molecular complexity index is 3820. The molecule has 0 unspecified atom stereocenters. The Morgan fingerprint density at radius 2 is 0.650 bits per heavy atom. The third-order valence-corrected chi connectivity index (χ3v) is 18.5. The summed E-state index contributed by atoms with van der Waals surface area (Å²) in [5.41, 5.74) is 17.3. The monoisotopic (exact) mass is 1040 g/mol. The molecule has 0 aliphatic heterocycles. The third kappa shape index (κ3) is 10.0. The van der Waals surface area contributed by atoms with Gasteiger partial charge in [0.25, 0.3) is 0 Å². The highest BCUT2D eigenvalue weighted by molar-refractivity contribution is 6.24. The maximum absolute atomic E-state index is 2.68. The van der Waals surface area contributed by atoms with Gasteiger partial charge in [-0.2, -0.15) is 0 Å².